The number of benzene rings is 1. The Morgan fingerprint density at radius 2 is 1.03 bits per heavy atom. The van der Waals surface area contributed by atoms with Crippen molar-refractivity contribution in [2.75, 3.05) is 11.4 Å². The molecular weight excluding hydrogens is 400 g/mol. The van der Waals surface area contributed by atoms with E-state index < -0.39 is 0 Å². The molecule has 0 spiro atoms. The van der Waals surface area contributed by atoms with Crippen molar-refractivity contribution in [1.82, 2.24) is 4.90 Å². The molecule has 0 saturated carbocycles. The van der Waals surface area contributed by atoms with Crippen molar-refractivity contribution in [1.29, 1.82) is 0 Å². The van der Waals surface area contributed by atoms with Crippen molar-refractivity contribution in [3.05, 3.63) is 42.7 Å². The van der Waals surface area contributed by atoms with Crippen LogP contribution in [0.2, 0.25) is 0 Å². The average molecular weight is 455 g/mol. The molecule has 1 aromatic rings. The van der Waals surface area contributed by atoms with Gasteiger partial charge < -0.3 is 9.80 Å². The number of para-hydroxylation sites is 1. The van der Waals surface area contributed by atoms with E-state index in [4.69, 9.17) is 0 Å². The second-order valence-corrected chi connectivity index (χ2v) is 10.2. The number of rotatable bonds is 21. The Morgan fingerprint density at radius 3 is 1.58 bits per heavy atom. The highest BCUT2D eigenvalue weighted by Crippen LogP contribution is 2.28. The molecule has 1 heterocycles. The van der Waals surface area contributed by atoms with E-state index in [2.05, 4.69) is 66.4 Å². The summed E-state index contributed by atoms with van der Waals surface area (Å²) in [6.45, 7) is 5.80. The first kappa shape index (κ1) is 27.8. The molecule has 2 heteroatoms. The lowest BCUT2D eigenvalue weighted by Gasteiger charge is -2.33. The molecule has 1 aliphatic heterocycles. The van der Waals surface area contributed by atoms with Crippen LogP contribution < -0.4 is 4.90 Å². The van der Waals surface area contributed by atoms with Crippen molar-refractivity contribution in [2.24, 2.45) is 0 Å². The third kappa shape index (κ3) is 12.0. The summed E-state index contributed by atoms with van der Waals surface area (Å²) < 4.78 is 0. The Kier molecular flexibility index (Phi) is 15.9. The molecular formula is C31H54N2. The van der Waals surface area contributed by atoms with Crippen LogP contribution in [-0.2, 0) is 0 Å². The molecule has 1 aliphatic rings. The molecule has 0 fully saturated rings. The lowest BCUT2D eigenvalue weighted by molar-refractivity contribution is 0.273. The largest absolute Gasteiger partial charge is 0.356 e. The number of unbranched alkanes of at least 4 members (excludes halogenated alkanes) is 16. The van der Waals surface area contributed by atoms with Gasteiger partial charge in [0.2, 0.25) is 0 Å². The Labute approximate surface area is 206 Å². The summed E-state index contributed by atoms with van der Waals surface area (Å²) in [7, 11) is 0. The molecule has 2 nitrogen and oxygen atoms in total. The van der Waals surface area contributed by atoms with Crippen molar-refractivity contribution in [3.63, 3.8) is 0 Å². The van der Waals surface area contributed by atoms with Crippen molar-refractivity contribution >= 4 is 5.69 Å². The van der Waals surface area contributed by atoms with Gasteiger partial charge in [0.05, 0.1) is 0 Å². The summed E-state index contributed by atoms with van der Waals surface area (Å²) in [5.41, 5.74) is 1.34. The van der Waals surface area contributed by atoms with Gasteiger partial charge in [-0.3, -0.25) is 0 Å². The highest BCUT2D eigenvalue weighted by Gasteiger charge is 2.26. The van der Waals surface area contributed by atoms with E-state index >= 15 is 0 Å². The van der Waals surface area contributed by atoms with Gasteiger partial charge in [-0.1, -0.05) is 135 Å². The van der Waals surface area contributed by atoms with Crippen LogP contribution in [-0.4, -0.2) is 17.6 Å². The average Bonchev–Trinajstić information content (AvgIpc) is 3.25. The molecule has 1 unspecified atom stereocenters. The SMILES string of the molecule is CCCCCCCCCCCCCCC1N(CCCCCCCC)C=CN1c1ccccc1. The molecule has 0 saturated heterocycles. The van der Waals surface area contributed by atoms with E-state index in [1.807, 2.05) is 0 Å². The van der Waals surface area contributed by atoms with Gasteiger partial charge in [0.1, 0.15) is 6.17 Å². The van der Waals surface area contributed by atoms with Crippen molar-refractivity contribution in [3.8, 4) is 0 Å². The zero-order chi connectivity index (χ0) is 23.4. The molecule has 2 rings (SSSR count). The summed E-state index contributed by atoms with van der Waals surface area (Å²) in [6, 6.07) is 11.0. The van der Waals surface area contributed by atoms with Crippen LogP contribution in [0.3, 0.4) is 0 Å². The standard InChI is InChI=1S/C31H54N2/c1-3-5-7-9-11-12-13-14-15-16-17-22-26-31-32(27-23-18-10-8-6-4-2)28-29-33(31)30-24-20-19-21-25-30/h19-21,24-25,28-29,31H,3-18,22-23,26-27H2,1-2H3. The predicted octanol–water partition coefficient (Wildman–Crippen LogP) is 10.1. The van der Waals surface area contributed by atoms with E-state index in [0.29, 0.717) is 6.17 Å². The molecule has 0 radical (unpaired) electrons. The molecule has 1 aromatic carbocycles. The van der Waals surface area contributed by atoms with Gasteiger partial charge in [-0.05, 0) is 31.4 Å². The molecule has 1 atom stereocenters. The van der Waals surface area contributed by atoms with Crippen LogP contribution >= 0.6 is 0 Å². The maximum absolute atomic E-state index is 2.62. The van der Waals surface area contributed by atoms with Crippen LogP contribution in [0.25, 0.3) is 0 Å². The third-order valence-corrected chi connectivity index (χ3v) is 7.26. The van der Waals surface area contributed by atoms with Crippen LogP contribution in [0.4, 0.5) is 5.69 Å². The summed E-state index contributed by atoms with van der Waals surface area (Å²) >= 11 is 0. The molecule has 188 valence electrons. The summed E-state index contributed by atoms with van der Waals surface area (Å²) in [6.07, 6.45) is 31.8. The molecule has 0 amide bonds. The summed E-state index contributed by atoms with van der Waals surface area (Å²) in [5, 5.41) is 0. The predicted molar refractivity (Wildman–Crippen MR) is 148 cm³/mol. The highest BCUT2D eigenvalue weighted by atomic mass is 15.4. The quantitative estimate of drug-likeness (QED) is 0.170. The van der Waals surface area contributed by atoms with E-state index in [1.165, 1.54) is 134 Å². The minimum absolute atomic E-state index is 0.506. The van der Waals surface area contributed by atoms with Gasteiger partial charge in [-0.2, -0.15) is 0 Å². The fourth-order valence-corrected chi connectivity index (χ4v) is 5.15. The Morgan fingerprint density at radius 1 is 0.545 bits per heavy atom. The number of anilines is 1. The molecule has 0 N–H and O–H groups in total. The number of hydrogen-bond donors (Lipinski definition) is 0. The van der Waals surface area contributed by atoms with Crippen LogP contribution in [0.15, 0.2) is 42.7 Å². The summed E-state index contributed by atoms with van der Waals surface area (Å²) in [5.74, 6) is 0. The lowest BCUT2D eigenvalue weighted by atomic mass is 10.0. The van der Waals surface area contributed by atoms with E-state index in [-0.39, 0.29) is 0 Å². The summed E-state index contributed by atoms with van der Waals surface area (Å²) in [4.78, 5) is 5.13. The van der Waals surface area contributed by atoms with Crippen LogP contribution in [0.5, 0.6) is 0 Å². The number of nitrogens with zero attached hydrogens (tertiary/aromatic N) is 2. The Hall–Kier alpha value is -1.44. The first-order chi connectivity index (χ1) is 16.4. The highest BCUT2D eigenvalue weighted by molar-refractivity contribution is 5.51. The lowest BCUT2D eigenvalue weighted by Crippen LogP contribution is -2.39. The maximum atomic E-state index is 2.62. The molecule has 33 heavy (non-hydrogen) atoms. The van der Waals surface area contributed by atoms with Crippen LogP contribution in [0, 0.1) is 0 Å². The number of hydrogen-bond acceptors (Lipinski definition) is 2. The molecule has 0 aromatic heterocycles. The zero-order valence-electron chi connectivity index (χ0n) is 22.2. The van der Waals surface area contributed by atoms with Gasteiger partial charge >= 0.3 is 0 Å². The van der Waals surface area contributed by atoms with E-state index in [9.17, 15) is 0 Å². The molecule has 0 bridgehead atoms. The monoisotopic (exact) mass is 454 g/mol. The van der Waals surface area contributed by atoms with Gasteiger partial charge in [0.15, 0.2) is 0 Å². The smallest absolute Gasteiger partial charge is 0.105 e. The van der Waals surface area contributed by atoms with E-state index in [1.54, 1.807) is 0 Å². The van der Waals surface area contributed by atoms with E-state index in [0.717, 1.165) is 0 Å². The zero-order valence-corrected chi connectivity index (χ0v) is 22.2. The minimum atomic E-state index is 0.506. The second-order valence-electron chi connectivity index (χ2n) is 10.2. The minimum Gasteiger partial charge on any atom is -0.356 e. The van der Waals surface area contributed by atoms with Gasteiger partial charge in [0, 0.05) is 24.6 Å². The normalized spacial score (nSPS) is 15.6. The third-order valence-electron chi connectivity index (χ3n) is 7.26. The first-order valence-corrected chi connectivity index (χ1v) is 14.6. The van der Waals surface area contributed by atoms with Gasteiger partial charge in [-0.25, -0.2) is 0 Å². The Bertz CT molecular complexity index is 582. The Balaban J connectivity index is 1.64. The second kappa shape index (κ2) is 18.9. The van der Waals surface area contributed by atoms with Crippen molar-refractivity contribution < 1.29 is 0 Å². The fraction of sp³-hybridized carbons (Fsp3) is 0.742. The first-order valence-electron chi connectivity index (χ1n) is 14.6. The topological polar surface area (TPSA) is 6.48 Å². The van der Waals surface area contributed by atoms with Gasteiger partial charge in [-0.15, -0.1) is 0 Å². The maximum Gasteiger partial charge on any atom is 0.105 e. The van der Waals surface area contributed by atoms with Crippen LogP contribution in [0.1, 0.15) is 136 Å². The van der Waals surface area contributed by atoms with Crippen molar-refractivity contribution in [2.45, 2.75) is 142 Å². The van der Waals surface area contributed by atoms with Gasteiger partial charge in [0.25, 0.3) is 0 Å². The molecule has 0 aliphatic carbocycles. The fourth-order valence-electron chi connectivity index (χ4n) is 5.15.